The number of carbonyl (C=O) groups is 2. The fraction of sp³-hybridized carbons (Fsp3) is 0.333. The van der Waals surface area contributed by atoms with E-state index in [1.54, 1.807) is 18.2 Å². The Morgan fingerprint density at radius 1 is 1.19 bits per heavy atom. The van der Waals surface area contributed by atoms with E-state index in [0.29, 0.717) is 28.1 Å². The van der Waals surface area contributed by atoms with Crippen molar-refractivity contribution in [1.82, 2.24) is 20.1 Å². The minimum atomic E-state index is -0.450. The van der Waals surface area contributed by atoms with Gasteiger partial charge in [-0.05, 0) is 48.6 Å². The first-order chi connectivity index (χ1) is 17.7. The number of carbonyl (C=O) groups excluding carboxylic acids is 2. The quantitative estimate of drug-likeness (QED) is 0.207. The van der Waals surface area contributed by atoms with Gasteiger partial charge in [-0.1, -0.05) is 80.0 Å². The van der Waals surface area contributed by atoms with E-state index in [1.807, 2.05) is 43.5 Å². The molecule has 3 rings (SSSR count). The Labute approximate surface area is 232 Å². The first-order valence-corrected chi connectivity index (χ1v) is 13.7. The summed E-state index contributed by atoms with van der Waals surface area (Å²) in [7, 11) is 0. The number of allylic oxidation sites excluding steroid dienone is 1. The second-order valence-corrected chi connectivity index (χ2v) is 10.6. The summed E-state index contributed by atoms with van der Waals surface area (Å²) in [5.41, 5.74) is 3.28. The van der Waals surface area contributed by atoms with Crippen LogP contribution in [0.5, 0.6) is 0 Å². The molecule has 3 aromatic rings. The zero-order valence-corrected chi connectivity index (χ0v) is 23.7. The number of halogens is 2. The smallest absolute Gasteiger partial charge is 0.253 e. The lowest BCUT2D eigenvalue weighted by Crippen LogP contribution is -2.34. The molecule has 0 aliphatic carbocycles. The fourth-order valence-corrected chi connectivity index (χ4v) is 5.12. The lowest BCUT2D eigenvalue weighted by Gasteiger charge is -2.23. The first-order valence-electron chi connectivity index (χ1n) is 12.0. The van der Waals surface area contributed by atoms with Crippen molar-refractivity contribution in [2.45, 2.75) is 51.9 Å². The summed E-state index contributed by atoms with van der Waals surface area (Å²) >= 11 is 13.5. The highest BCUT2D eigenvalue weighted by atomic mass is 35.5. The van der Waals surface area contributed by atoms with Crippen molar-refractivity contribution in [3.8, 4) is 0 Å². The molecule has 0 fully saturated rings. The molecule has 1 heterocycles. The van der Waals surface area contributed by atoms with E-state index in [1.165, 1.54) is 17.8 Å². The molecule has 0 aliphatic rings. The number of para-hydroxylation sites is 1. The standard InChI is InChI=1S/C27H31Cl2N5O2S/c1-6-13-34-25(23(16(3)4)31-26(36)20-12-11-19(28)14-21(20)29)32-33-27(34)37-15-22(35)30-24-17(5)9-8-10-18(24)7-2/h6,8-12,14,16,23H,1,7,13,15H2,2-5H3,(H,30,35)(H,31,36)/t23-/m1/s1. The van der Waals surface area contributed by atoms with Gasteiger partial charge in [-0.15, -0.1) is 16.8 Å². The van der Waals surface area contributed by atoms with Crippen LogP contribution in [0.4, 0.5) is 5.69 Å². The van der Waals surface area contributed by atoms with E-state index in [2.05, 4.69) is 34.3 Å². The van der Waals surface area contributed by atoms with Crippen LogP contribution in [-0.2, 0) is 17.8 Å². The number of rotatable bonds is 11. The van der Waals surface area contributed by atoms with Crippen LogP contribution in [0.15, 0.2) is 54.2 Å². The van der Waals surface area contributed by atoms with Crippen molar-refractivity contribution < 1.29 is 9.59 Å². The minimum absolute atomic E-state index is 0.00235. The SMILES string of the molecule is C=CCn1c(SCC(=O)Nc2c(C)cccc2CC)nnc1[C@H](NC(=O)c1ccc(Cl)cc1Cl)C(C)C. The van der Waals surface area contributed by atoms with Crippen LogP contribution in [0.2, 0.25) is 10.0 Å². The monoisotopic (exact) mass is 559 g/mol. The maximum Gasteiger partial charge on any atom is 0.253 e. The third-order valence-corrected chi connectivity index (χ3v) is 7.32. The summed E-state index contributed by atoms with van der Waals surface area (Å²) in [6.45, 7) is 12.3. The number of nitrogens with zero attached hydrogens (tertiary/aromatic N) is 3. The second-order valence-electron chi connectivity index (χ2n) is 8.86. The second kappa shape index (κ2) is 13.1. The van der Waals surface area contributed by atoms with E-state index in [4.69, 9.17) is 23.2 Å². The average Bonchev–Trinajstić information content (AvgIpc) is 3.24. The van der Waals surface area contributed by atoms with E-state index < -0.39 is 6.04 Å². The van der Waals surface area contributed by atoms with E-state index >= 15 is 0 Å². The van der Waals surface area contributed by atoms with Crippen LogP contribution < -0.4 is 10.6 Å². The lowest BCUT2D eigenvalue weighted by molar-refractivity contribution is -0.113. The molecular formula is C27H31Cl2N5O2S. The molecule has 0 unspecified atom stereocenters. The summed E-state index contributed by atoms with van der Waals surface area (Å²) in [5.74, 6) is 0.258. The summed E-state index contributed by atoms with van der Waals surface area (Å²) in [4.78, 5) is 25.8. The maximum atomic E-state index is 13.0. The van der Waals surface area contributed by atoms with Gasteiger partial charge in [-0.25, -0.2) is 0 Å². The molecule has 2 aromatic carbocycles. The van der Waals surface area contributed by atoms with Gasteiger partial charge in [-0.3, -0.25) is 9.59 Å². The third-order valence-electron chi connectivity index (χ3n) is 5.80. The van der Waals surface area contributed by atoms with Crippen LogP contribution in [-0.4, -0.2) is 32.3 Å². The molecule has 2 amide bonds. The molecule has 0 saturated heterocycles. The van der Waals surface area contributed by atoms with Gasteiger partial charge in [-0.2, -0.15) is 0 Å². The van der Waals surface area contributed by atoms with E-state index in [-0.39, 0.29) is 28.5 Å². The predicted molar refractivity (Wildman–Crippen MR) is 152 cm³/mol. The highest BCUT2D eigenvalue weighted by molar-refractivity contribution is 7.99. The van der Waals surface area contributed by atoms with Crippen molar-refractivity contribution >= 4 is 52.5 Å². The van der Waals surface area contributed by atoms with E-state index in [9.17, 15) is 9.59 Å². The van der Waals surface area contributed by atoms with Gasteiger partial charge in [0, 0.05) is 17.3 Å². The van der Waals surface area contributed by atoms with Gasteiger partial charge < -0.3 is 15.2 Å². The lowest BCUT2D eigenvalue weighted by atomic mass is 10.0. The number of aromatic nitrogens is 3. The summed E-state index contributed by atoms with van der Waals surface area (Å²) in [5, 5.41) is 16.1. The van der Waals surface area contributed by atoms with Crippen molar-refractivity contribution in [3.63, 3.8) is 0 Å². The molecule has 37 heavy (non-hydrogen) atoms. The highest BCUT2D eigenvalue weighted by Crippen LogP contribution is 2.28. The van der Waals surface area contributed by atoms with Crippen molar-refractivity contribution in [3.05, 3.63) is 81.6 Å². The normalized spacial score (nSPS) is 11.9. The highest BCUT2D eigenvalue weighted by Gasteiger charge is 2.27. The molecule has 0 radical (unpaired) electrons. The Morgan fingerprint density at radius 2 is 1.95 bits per heavy atom. The zero-order valence-electron chi connectivity index (χ0n) is 21.3. The molecule has 0 aliphatic heterocycles. The first kappa shape index (κ1) is 28.8. The molecule has 7 nitrogen and oxygen atoms in total. The molecule has 0 bridgehead atoms. The Kier molecular flexibility index (Phi) is 10.2. The fourth-order valence-electron chi connectivity index (χ4n) is 3.87. The van der Waals surface area contributed by atoms with Crippen molar-refractivity contribution in [2.24, 2.45) is 5.92 Å². The van der Waals surface area contributed by atoms with Crippen LogP contribution in [0.25, 0.3) is 0 Å². The number of hydrogen-bond acceptors (Lipinski definition) is 5. The topological polar surface area (TPSA) is 88.9 Å². The van der Waals surface area contributed by atoms with Gasteiger partial charge in [0.15, 0.2) is 11.0 Å². The van der Waals surface area contributed by atoms with Gasteiger partial charge in [0.25, 0.3) is 5.91 Å². The Hall–Kier alpha value is -2.81. The number of nitrogens with one attached hydrogen (secondary N) is 2. The molecule has 1 atom stereocenters. The Morgan fingerprint density at radius 3 is 2.59 bits per heavy atom. The van der Waals surface area contributed by atoms with Crippen LogP contribution in [0.3, 0.4) is 0 Å². The summed E-state index contributed by atoms with van der Waals surface area (Å²) in [6.07, 6.45) is 2.55. The van der Waals surface area contributed by atoms with Crippen LogP contribution in [0, 0.1) is 12.8 Å². The number of benzene rings is 2. The molecular weight excluding hydrogens is 529 g/mol. The van der Waals surface area contributed by atoms with Gasteiger partial charge in [0.2, 0.25) is 5.91 Å². The number of thioether (sulfide) groups is 1. The largest absolute Gasteiger partial charge is 0.342 e. The predicted octanol–water partition coefficient (Wildman–Crippen LogP) is 6.50. The molecule has 0 spiro atoms. The molecule has 2 N–H and O–H groups in total. The average molecular weight is 561 g/mol. The molecule has 1 aromatic heterocycles. The van der Waals surface area contributed by atoms with Gasteiger partial charge in [0.05, 0.1) is 22.4 Å². The summed E-state index contributed by atoms with van der Waals surface area (Å²) in [6, 6.07) is 10.3. The van der Waals surface area contributed by atoms with Crippen molar-refractivity contribution in [2.75, 3.05) is 11.1 Å². The summed E-state index contributed by atoms with van der Waals surface area (Å²) < 4.78 is 1.87. The third kappa shape index (κ3) is 7.15. The van der Waals surface area contributed by atoms with E-state index in [0.717, 1.165) is 23.2 Å². The van der Waals surface area contributed by atoms with Crippen LogP contribution in [0.1, 0.15) is 54.1 Å². The van der Waals surface area contributed by atoms with Gasteiger partial charge >= 0.3 is 0 Å². The van der Waals surface area contributed by atoms with Crippen molar-refractivity contribution in [1.29, 1.82) is 0 Å². The molecule has 10 heteroatoms. The Balaban J connectivity index is 1.79. The number of aryl methyl sites for hydroxylation is 2. The number of hydrogen-bond donors (Lipinski definition) is 2. The number of amides is 2. The molecule has 196 valence electrons. The maximum absolute atomic E-state index is 13.0. The minimum Gasteiger partial charge on any atom is -0.342 e. The Bertz CT molecular complexity index is 1290. The number of anilines is 1. The van der Waals surface area contributed by atoms with Gasteiger partial charge in [0.1, 0.15) is 0 Å². The van der Waals surface area contributed by atoms with Crippen LogP contribution >= 0.6 is 35.0 Å². The zero-order chi connectivity index (χ0) is 27.1. The molecule has 0 saturated carbocycles.